The van der Waals surface area contributed by atoms with E-state index in [1.54, 1.807) is 31.5 Å². The number of hydrogen-bond acceptors (Lipinski definition) is 9. The zero-order chi connectivity index (χ0) is 32.0. The highest BCUT2D eigenvalue weighted by atomic mass is 28.4. The Hall–Kier alpha value is -2.65. The lowest BCUT2D eigenvalue weighted by Gasteiger charge is -2.40. The molecule has 1 saturated heterocycles. The number of hydrogen-bond donors (Lipinski definition) is 1. The fourth-order valence-electron chi connectivity index (χ4n) is 4.56. The lowest BCUT2D eigenvalue weighted by atomic mass is 10.1. The Bertz CT molecular complexity index is 1460. The van der Waals surface area contributed by atoms with Gasteiger partial charge in [0.25, 0.3) is 0 Å². The molecule has 43 heavy (non-hydrogen) atoms. The van der Waals surface area contributed by atoms with E-state index in [2.05, 4.69) is 77.7 Å². The first-order chi connectivity index (χ1) is 19.8. The summed E-state index contributed by atoms with van der Waals surface area (Å²) in [5.41, 5.74) is 9.02. The molecule has 1 aliphatic rings. The Balaban J connectivity index is 1.69. The standard InChI is InChI=1S/C31H49N5O5Si2/c1-12-38-28(37)21-15-13-14-20(16-21)25-26-27(35-29(32)34-25)36(19-33-26)24-17-22(41-43(10,11)31(5,6)7)23(40-24)18-39-42(8,9)30(2,3)4/h13-16,19,22-24H,12,17-18H2,1-11H3,(H2,32,34,35)/t22-,23+,24+/m0/s1. The number of fused-ring (bicyclic) bond motifs is 1. The summed E-state index contributed by atoms with van der Waals surface area (Å²) in [5.74, 6) is -0.290. The van der Waals surface area contributed by atoms with Gasteiger partial charge in [-0.25, -0.2) is 14.8 Å². The lowest BCUT2D eigenvalue weighted by Crippen LogP contribution is -2.48. The van der Waals surface area contributed by atoms with Crippen molar-refractivity contribution in [2.75, 3.05) is 18.9 Å². The molecule has 0 spiro atoms. The van der Waals surface area contributed by atoms with Crippen LogP contribution in [0.5, 0.6) is 0 Å². The van der Waals surface area contributed by atoms with Crippen molar-refractivity contribution < 1.29 is 23.1 Å². The molecule has 2 aromatic heterocycles. The van der Waals surface area contributed by atoms with Gasteiger partial charge >= 0.3 is 5.97 Å². The van der Waals surface area contributed by atoms with Gasteiger partial charge in [0.2, 0.25) is 5.95 Å². The maximum absolute atomic E-state index is 12.4. The molecule has 0 bridgehead atoms. The number of nitrogen functional groups attached to an aromatic ring is 1. The van der Waals surface area contributed by atoms with Crippen molar-refractivity contribution in [2.45, 2.75) is 110 Å². The number of rotatable bonds is 9. The second-order valence-electron chi connectivity index (χ2n) is 14.4. The summed E-state index contributed by atoms with van der Waals surface area (Å²) in [6.45, 7) is 25.0. The molecular weight excluding hydrogens is 579 g/mol. The van der Waals surface area contributed by atoms with Crippen molar-refractivity contribution in [3.8, 4) is 11.3 Å². The van der Waals surface area contributed by atoms with E-state index in [4.69, 9.17) is 29.0 Å². The van der Waals surface area contributed by atoms with Gasteiger partial charge in [0, 0.05) is 12.0 Å². The van der Waals surface area contributed by atoms with Gasteiger partial charge in [-0.15, -0.1) is 0 Å². The average molecular weight is 628 g/mol. The fourth-order valence-corrected chi connectivity index (χ4v) is 6.93. The lowest BCUT2D eigenvalue weighted by molar-refractivity contribution is -0.0383. The predicted molar refractivity (Wildman–Crippen MR) is 175 cm³/mol. The molecule has 4 rings (SSSR count). The molecule has 1 aromatic carbocycles. The third-order valence-electron chi connectivity index (χ3n) is 9.24. The number of carbonyl (C=O) groups is 1. The molecule has 2 N–H and O–H groups in total. The normalized spacial score (nSPS) is 20.1. The van der Waals surface area contributed by atoms with Gasteiger partial charge in [-0.05, 0) is 55.3 Å². The van der Waals surface area contributed by atoms with Crippen LogP contribution >= 0.6 is 0 Å². The summed E-state index contributed by atoms with van der Waals surface area (Å²) in [6, 6.07) is 7.11. The van der Waals surface area contributed by atoms with Gasteiger partial charge < -0.3 is 24.1 Å². The highest BCUT2D eigenvalue weighted by Crippen LogP contribution is 2.43. The number of aromatic nitrogens is 4. The fraction of sp³-hybridized carbons (Fsp3) is 0.613. The number of imidazole rings is 1. The number of carbonyl (C=O) groups excluding carboxylic acids is 1. The van der Waals surface area contributed by atoms with E-state index >= 15 is 0 Å². The minimum Gasteiger partial charge on any atom is -0.462 e. The summed E-state index contributed by atoms with van der Waals surface area (Å²) in [6.07, 6.45) is 1.59. The van der Waals surface area contributed by atoms with E-state index in [-0.39, 0.29) is 34.5 Å². The topological polar surface area (TPSA) is 124 Å². The number of anilines is 1. The largest absolute Gasteiger partial charge is 0.462 e. The third-order valence-corrected chi connectivity index (χ3v) is 18.2. The zero-order valence-corrected chi connectivity index (χ0v) is 29.6. The molecule has 0 radical (unpaired) electrons. The molecule has 236 valence electrons. The Kier molecular flexibility index (Phi) is 9.31. The summed E-state index contributed by atoms with van der Waals surface area (Å²) < 4.78 is 27.4. The maximum Gasteiger partial charge on any atom is 0.338 e. The molecule has 3 heterocycles. The van der Waals surface area contributed by atoms with E-state index in [9.17, 15) is 4.79 Å². The van der Waals surface area contributed by atoms with Crippen LogP contribution in [0.1, 0.15) is 71.5 Å². The summed E-state index contributed by atoms with van der Waals surface area (Å²) in [4.78, 5) is 26.2. The first kappa shape index (κ1) is 33.3. The first-order valence-corrected chi connectivity index (χ1v) is 20.9. The van der Waals surface area contributed by atoms with E-state index in [1.165, 1.54) is 0 Å². The van der Waals surface area contributed by atoms with Crippen LogP contribution in [-0.2, 0) is 18.3 Å². The Morgan fingerprint density at radius 1 is 1.07 bits per heavy atom. The minimum absolute atomic E-state index is 0.0479. The summed E-state index contributed by atoms with van der Waals surface area (Å²) in [7, 11) is -4.12. The Labute approximate surface area is 258 Å². The van der Waals surface area contributed by atoms with Crippen molar-refractivity contribution in [3.63, 3.8) is 0 Å². The van der Waals surface area contributed by atoms with Crippen molar-refractivity contribution in [3.05, 3.63) is 36.2 Å². The molecule has 0 unspecified atom stereocenters. The van der Waals surface area contributed by atoms with Gasteiger partial charge in [-0.1, -0.05) is 53.7 Å². The zero-order valence-electron chi connectivity index (χ0n) is 27.6. The second-order valence-corrected chi connectivity index (χ2v) is 24.0. The molecule has 3 aromatic rings. The summed E-state index contributed by atoms with van der Waals surface area (Å²) >= 11 is 0. The van der Waals surface area contributed by atoms with E-state index in [1.807, 2.05) is 10.6 Å². The number of ether oxygens (including phenoxy) is 2. The van der Waals surface area contributed by atoms with Crippen molar-refractivity contribution in [1.82, 2.24) is 19.5 Å². The molecule has 3 atom stereocenters. The second kappa shape index (κ2) is 12.0. The molecule has 1 aliphatic heterocycles. The number of esters is 1. The quantitative estimate of drug-likeness (QED) is 0.198. The molecule has 12 heteroatoms. The molecule has 0 saturated carbocycles. The van der Waals surface area contributed by atoms with Crippen molar-refractivity contribution in [1.29, 1.82) is 0 Å². The van der Waals surface area contributed by atoms with Crippen molar-refractivity contribution in [2.24, 2.45) is 0 Å². The van der Waals surface area contributed by atoms with Crippen LogP contribution in [0.3, 0.4) is 0 Å². The molecule has 1 fully saturated rings. The number of benzene rings is 1. The van der Waals surface area contributed by atoms with E-state index < -0.39 is 22.6 Å². The monoisotopic (exact) mass is 627 g/mol. The van der Waals surface area contributed by atoms with Gasteiger partial charge in [-0.3, -0.25) is 4.57 Å². The third kappa shape index (κ3) is 7.03. The van der Waals surface area contributed by atoms with Crippen molar-refractivity contribution >= 4 is 39.7 Å². The smallest absolute Gasteiger partial charge is 0.338 e. The average Bonchev–Trinajstić information content (AvgIpc) is 3.49. The van der Waals surface area contributed by atoms with Crippen LogP contribution in [0, 0.1) is 0 Å². The van der Waals surface area contributed by atoms with Crippen LogP contribution < -0.4 is 5.73 Å². The van der Waals surface area contributed by atoms with Gasteiger partial charge in [0.05, 0.1) is 31.2 Å². The molecular formula is C31H49N5O5Si2. The van der Waals surface area contributed by atoms with Gasteiger partial charge in [0.1, 0.15) is 23.5 Å². The van der Waals surface area contributed by atoms with Crippen LogP contribution in [0.25, 0.3) is 22.4 Å². The summed E-state index contributed by atoms with van der Waals surface area (Å²) in [5, 5.41) is 0.128. The van der Waals surface area contributed by atoms with Gasteiger partial charge in [0.15, 0.2) is 22.3 Å². The number of nitrogens with two attached hydrogens (primary N) is 1. The molecule has 0 aliphatic carbocycles. The SMILES string of the molecule is CCOC(=O)c1cccc(-c2nc(N)nc3c2ncn3[C@H]2C[C@H](O[Si](C)(C)C(C)(C)C)[C@@H](CO[Si](C)(C)C(C)(C)C)O2)c1. The van der Waals surface area contributed by atoms with Gasteiger partial charge in [-0.2, -0.15) is 4.98 Å². The van der Waals surface area contributed by atoms with E-state index in [0.29, 0.717) is 47.6 Å². The van der Waals surface area contributed by atoms with Crippen LogP contribution in [0.4, 0.5) is 5.95 Å². The Morgan fingerprint density at radius 2 is 1.74 bits per heavy atom. The number of nitrogens with zero attached hydrogens (tertiary/aromatic N) is 4. The predicted octanol–water partition coefficient (Wildman–Crippen LogP) is 6.95. The minimum atomic E-state index is -2.11. The van der Waals surface area contributed by atoms with E-state index in [0.717, 1.165) is 0 Å². The Morgan fingerprint density at radius 3 is 2.37 bits per heavy atom. The maximum atomic E-state index is 12.4. The highest BCUT2D eigenvalue weighted by Gasteiger charge is 2.47. The molecule has 0 amide bonds. The van der Waals surface area contributed by atoms with Crippen LogP contribution in [0.15, 0.2) is 30.6 Å². The van der Waals surface area contributed by atoms with Crippen LogP contribution in [0.2, 0.25) is 36.3 Å². The highest BCUT2D eigenvalue weighted by molar-refractivity contribution is 6.74. The van der Waals surface area contributed by atoms with Crippen LogP contribution in [-0.4, -0.2) is 67.5 Å². The molecule has 10 nitrogen and oxygen atoms in total. The first-order valence-electron chi connectivity index (χ1n) is 15.1.